The third-order valence-corrected chi connectivity index (χ3v) is 3.46. The highest BCUT2D eigenvalue weighted by Gasteiger charge is 2.44. The quantitative estimate of drug-likeness (QED) is 0.436. The third-order valence-electron chi connectivity index (χ3n) is 2.99. The molecule has 1 fully saturated rings. The molecule has 2 unspecified atom stereocenters. The highest BCUT2D eigenvalue weighted by molar-refractivity contribution is 7.21. The second-order valence-corrected chi connectivity index (χ2v) is 5.94. The Morgan fingerprint density at radius 2 is 1.67 bits per heavy atom. The molecule has 0 aliphatic heterocycles. The van der Waals surface area contributed by atoms with Crippen LogP contribution in [0.3, 0.4) is 0 Å². The van der Waals surface area contributed by atoms with Gasteiger partial charge in [0.2, 0.25) is 0 Å². The van der Waals surface area contributed by atoms with Crippen molar-refractivity contribution in [2.24, 2.45) is 17.3 Å². The molecular formula is C9H17BFP. The Morgan fingerprint density at radius 1 is 1.25 bits per heavy atom. The van der Waals surface area contributed by atoms with Crippen molar-refractivity contribution in [2.75, 3.05) is 0 Å². The largest absolute Gasteiger partial charge is 0.250 e. The minimum atomic E-state index is -1.54. The summed E-state index contributed by atoms with van der Waals surface area (Å²) in [4.78, 5) is 0. The zero-order valence-electron chi connectivity index (χ0n) is 8.10. The lowest BCUT2D eigenvalue weighted by atomic mass is 9.59. The molecule has 1 saturated carbocycles. The van der Waals surface area contributed by atoms with Gasteiger partial charge in [0.15, 0.2) is 0 Å². The normalized spacial score (nSPS) is 35.4. The van der Waals surface area contributed by atoms with Gasteiger partial charge < -0.3 is 0 Å². The summed E-state index contributed by atoms with van der Waals surface area (Å²) in [6.07, 6.45) is 1.86. The van der Waals surface area contributed by atoms with Crippen molar-refractivity contribution >= 4 is 17.1 Å². The van der Waals surface area contributed by atoms with Gasteiger partial charge in [0.1, 0.15) is 7.85 Å². The maximum absolute atomic E-state index is 13.1. The summed E-state index contributed by atoms with van der Waals surface area (Å²) in [5.74, 6) is 0.688. The van der Waals surface area contributed by atoms with Crippen LogP contribution in [0.2, 0.25) is 0 Å². The van der Waals surface area contributed by atoms with E-state index in [4.69, 9.17) is 7.85 Å². The molecular weight excluding hydrogens is 169 g/mol. The minimum Gasteiger partial charge on any atom is -0.250 e. The second-order valence-electron chi connectivity index (χ2n) is 5.06. The molecule has 0 aromatic heterocycles. The summed E-state index contributed by atoms with van der Waals surface area (Å²) in [5, 5.41) is -1.54. The molecule has 2 atom stereocenters. The number of halogens is 1. The van der Waals surface area contributed by atoms with Crippen LogP contribution in [0, 0.1) is 17.3 Å². The fourth-order valence-electron chi connectivity index (χ4n) is 1.69. The lowest BCUT2D eigenvalue weighted by Crippen LogP contribution is -2.42. The molecule has 0 spiro atoms. The maximum atomic E-state index is 13.1. The van der Waals surface area contributed by atoms with E-state index in [1.54, 1.807) is 0 Å². The standard InChI is InChI=1S/C9H17BFP/c1-8(2,3)6-4-7(5-6)9(10,11)12/h6-7H,4-5,12H2,1-3H3. The summed E-state index contributed by atoms with van der Waals surface area (Å²) in [7, 11) is 7.44. The second kappa shape index (κ2) is 2.98. The van der Waals surface area contributed by atoms with Gasteiger partial charge in [-0.2, -0.15) is 0 Å². The first-order valence-corrected chi connectivity index (χ1v) is 5.05. The topological polar surface area (TPSA) is 0 Å². The van der Waals surface area contributed by atoms with Crippen molar-refractivity contribution in [1.82, 2.24) is 0 Å². The molecule has 0 N–H and O–H groups in total. The van der Waals surface area contributed by atoms with E-state index >= 15 is 0 Å². The van der Waals surface area contributed by atoms with Gasteiger partial charge in [0, 0.05) is 0 Å². The third kappa shape index (κ3) is 2.22. The summed E-state index contributed by atoms with van der Waals surface area (Å²) < 4.78 is 13.1. The van der Waals surface area contributed by atoms with E-state index in [0.717, 1.165) is 12.8 Å². The first-order chi connectivity index (χ1) is 5.21. The molecule has 0 heterocycles. The Bertz CT molecular complexity index is 144. The predicted molar refractivity (Wildman–Crippen MR) is 55.0 cm³/mol. The van der Waals surface area contributed by atoms with Crippen LogP contribution in [-0.4, -0.2) is 13.2 Å². The van der Waals surface area contributed by atoms with Crippen LogP contribution in [0.4, 0.5) is 4.39 Å². The SMILES string of the molecule is [B]C(F)(P)C1CC(C(C)(C)C)C1. The molecule has 0 bridgehead atoms. The van der Waals surface area contributed by atoms with Crippen LogP contribution in [0.25, 0.3) is 0 Å². The maximum Gasteiger partial charge on any atom is 0.127 e. The summed E-state index contributed by atoms with van der Waals surface area (Å²) in [6, 6.07) is 0. The van der Waals surface area contributed by atoms with E-state index in [1.807, 2.05) is 0 Å². The van der Waals surface area contributed by atoms with Gasteiger partial charge in [0.25, 0.3) is 0 Å². The number of alkyl halides is 1. The Balaban J connectivity index is 2.39. The van der Waals surface area contributed by atoms with E-state index in [2.05, 4.69) is 30.0 Å². The monoisotopic (exact) mass is 186 g/mol. The van der Waals surface area contributed by atoms with Gasteiger partial charge in [-0.3, -0.25) is 4.39 Å². The zero-order valence-corrected chi connectivity index (χ0v) is 9.26. The lowest BCUT2D eigenvalue weighted by molar-refractivity contribution is 0.0382. The van der Waals surface area contributed by atoms with Gasteiger partial charge >= 0.3 is 0 Å². The number of hydrogen-bond acceptors (Lipinski definition) is 0. The van der Waals surface area contributed by atoms with E-state index in [9.17, 15) is 4.39 Å². The van der Waals surface area contributed by atoms with Gasteiger partial charge in [0.05, 0.1) is 5.31 Å². The smallest absolute Gasteiger partial charge is 0.127 e. The van der Waals surface area contributed by atoms with Crippen LogP contribution in [-0.2, 0) is 0 Å². The van der Waals surface area contributed by atoms with E-state index in [-0.39, 0.29) is 5.92 Å². The van der Waals surface area contributed by atoms with Gasteiger partial charge in [-0.15, -0.1) is 9.24 Å². The van der Waals surface area contributed by atoms with Crippen LogP contribution in [0.1, 0.15) is 33.6 Å². The first-order valence-electron chi connectivity index (χ1n) is 4.48. The summed E-state index contributed by atoms with van der Waals surface area (Å²) in [5.41, 5.74) is 0.312. The van der Waals surface area contributed by atoms with Crippen molar-refractivity contribution < 1.29 is 4.39 Å². The van der Waals surface area contributed by atoms with Crippen molar-refractivity contribution in [3.05, 3.63) is 0 Å². The van der Waals surface area contributed by atoms with Crippen molar-refractivity contribution in [3.8, 4) is 0 Å². The molecule has 1 rings (SSSR count). The Hall–Kier alpha value is 0.425. The van der Waals surface area contributed by atoms with Crippen LogP contribution in [0.5, 0.6) is 0 Å². The van der Waals surface area contributed by atoms with E-state index in [0.29, 0.717) is 11.3 Å². The van der Waals surface area contributed by atoms with Crippen molar-refractivity contribution in [3.63, 3.8) is 0 Å². The van der Waals surface area contributed by atoms with Crippen LogP contribution in [0.15, 0.2) is 0 Å². The molecule has 3 heteroatoms. The highest BCUT2D eigenvalue weighted by Crippen LogP contribution is 2.51. The summed E-state index contributed by atoms with van der Waals surface area (Å²) >= 11 is 0. The molecule has 0 aromatic rings. The minimum absolute atomic E-state index is 0.0479. The Morgan fingerprint density at radius 3 is 1.92 bits per heavy atom. The lowest BCUT2D eigenvalue weighted by Gasteiger charge is -2.47. The highest BCUT2D eigenvalue weighted by atomic mass is 31.0. The fourth-order valence-corrected chi connectivity index (χ4v) is 1.96. The number of rotatable bonds is 1. The van der Waals surface area contributed by atoms with Crippen LogP contribution < -0.4 is 0 Å². The zero-order chi connectivity index (χ0) is 9.57. The first kappa shape index (κ1) is 10.5. The summed E-state index contributed by atoms with van der Waals surface area (Å²) in [6.45, 7) is 6.60. The average Bonchev–Trinajstić information content (AvgIpc) is 1.46. The average molecular weight is 186 g/mol. The van der Waals surface area contributed by atoms with Gasteiger partial charge in [-0.05, 0) is 30.1 Å². The van der Waals surface area contributed by atoms with Crippen LogP contribution >= 0.6 is 9.24 Å². The van der Waals surface area contributed by atoms with Crippen molar-refractivity contribution in [1.29, 1.82) is 0 Å². The number of hydrogen-bond donors (Lipinski definition) is 0. The fraction of sp³-hybridized carbons (Fsp3) is 1.00. The predicted octanol–water partition coefficient (Wildman–Crippen LogP) is 2.73. The molecule has 0 amide bonds. The molecule has 0 aromatic carbocycles. The Labute approximate surface area is 78.3 Å². The molecule has 68 valence electrons. The van der Waals surface area contributed by atoms with Crippen molar-refractivity contribution in [2.45, 2.75) is 38.9 Å². The van der Waals surface area contributed by atoms with Gasteiger partial charge in [-0.1, -0.05) is 20.8 Å². The van der Waals surface area contributed by atoms with E-state index < -0.39 is 5.31 Å². The molecule has 2 radical (unpaired) electrons. The molecule has 0 saturated heterocycles. The Kier molecular flexibility index (Phi) is 2.61. The molecule has 12 heavy (non-hydrogen) atoms. The van der Waals surface area contributed by atoms with E-state index in [1.165, 1.54) is 0 Å². The molecule has 1 aliphatic rings. The van der Waals surface area contributed by atoms with Gasteiger partial charge in [-0.25, -0.2) is 0 Å². The molecule has 0 nitrogen and oxygen atoms in total. The molecule has 1 aliphatic carbocycles.